The number of hydrogen-bond acceptors (Lipinski definition) is 9. The van der Waals surface area contributed by atoms with Crippen LogP contribution in [0, 0.1) is 48.0 Å². The predicted octanol–water partition coefficient (Wildman–Crippen LogP) is 21.0. The van der Waals surface area contributed by atoms with Crippen molar-refractivity contribution in [2.75, 3.05) is 0 Å². The monoisotopic (exact) mass is 2120 g/mol. The summed E-state index contributed by atoms with van der Waals surface area (Å²) in [5.41, 5.74) is 10.3. The van der Waals surface area contributed by atoms with Crippen LogP contribution in [0.3, 0.4) is 0 Å². The van der Waals surface area contributed by atoms with E-state index in [2.05, 4.69) is 151 Å². The Balaban J connectivity index is 0.00000117. The van der Waals surface area contributed by atoms with Crippen LogP contribution in [-0.4, -0.2) is 29.9 Å². The molecule has 0 unspecified atom stereocenters. The van der Waals surface area contributed by atoms with Crippen molar-refractivity contribution < 1.29 is 322 Å². The van der Waals surface area contributed by atoms with Gasteiger partial charge in [-0.25, -0.2) is 27.1 Å². The maximum absolute atomic E-state index is 12.8. The van der Waals surface area contributed by atoms with E-state index >= 15 is 0 Å². The van der Waals surface area contributed by atoms with Crippen LogP contribution in [-0.2, 0) is 313 Å². The van der Waals surface area contributed by atoms with Crippen LogP contribution in [0.2, 0.25) is 0 Å². The summed E-state index contributed by atoms with van der Waals surface area (Å²) in [5, 5.41) is 13.3. The normalized spacial score (nSPS) is 9.33. The molecule has 0 N–H and O–H groups in total. The van der Waals surface area contributed by atoms with Crippen molar-refractivity contribution in [3.05, 3.63) is 338 Å². The van der Waals surface area contributed by atoms with E-state index in [1.165, 1.54) is 37.0 Å². The molecule has 6 nitrogen and oxygen atoms in total. The van der Waals surface area contributed by atoms with E-state index in [-0.39, 0.29) is 313 Å². The first-order valence-electron chi connectivity index (χ1n) is 28.2. The molecule has 23 heteroatoms. The summed E-state index contributed by atoms with van der Waals surface area (Å²) < 4.78 is 26.7. The Morgan fingerprint density at radius 2 is 0.812 bits per heavy atom. The Bertz CT molecular complexity index is 5050. The van der Waals surface area contributed by atoms with E-state index in [1.54, 1.807) is 64.6 Å². The molecule has 101 heavy (non-hydrogen) atoms. The molecule has 0 amide bonds. The van der Waals surface area contributed by atoms with Crippen molar-refractivity contribution in [3.8, 4) is 54.2 Å². The van der Waals surface area contributed by atoms with Crippen LogP contribution < -0.4 is 0 Å². The van der Waals surface area contributed by atoms with Gasteiger partial charge in [-0.05, 0) is 86.9 Å². The van der Waals surface area contributed by atoms with Crippen LogP contribution in [0.5, 0.6) is 0 Å². The minimum Gasteiger partial charge on any atom is -0.319 e. The van der Waals surface area contributed by atoms with Crippen LogP contribution in [0.1, 0.15) is 0 Å². The SMILES string of the molecule is Fc1c[c-]c(-c2ccccn2)cc1F.[Y].[Y].[Y].[Y].[Y].[Y].[Zn].[Zn].[Zn].[Zn].[Zn].[Zn].[c-]1cc2ccccc2cc1-c1nc2ccccc2s1.[c-]1cccc2ccc3cccnc3c12.[c-]1ccccc1-c1ccc2ccccc2n1.[c-]1ccsc1-c1ccc2ccccc2n1.[c-]1ccsc1-c1ccccn1. The number of thiazole rings is 1. The smallest absolute Gasteiger partial charge is 0.0765 e. The van der Waals surface area contributed by atoms with Crippen LogP contribution in [0.15, 0.2) is 290 Å². The Morgan fingerprint density at radius 3 is 1.42 bits per heavy atom. The average Bonchev–Trinajstić information content (AvgIpc) is 1.47. The molecule has 8 aromatic heterocycles. The molecule has 17 rings (SSSR count). The molecular weight excluding hydrogens is 2080 g/mol. The van der Waals surface area contributed by atoms with Gasteiger partial charge >= 0.3 is 0 Å². The molecule has 458 valence electrons. The van der Waals surface area contributed by atoms with E-state index in [0.29, 0.717) is 11.3 Å². The van der Waals surface area contributed by atoms with Gasteiger partial charge in [0.2, 0.25) is 0 Å². The number of nitrogens with zero attached hydrogens (tertiary/aromatic N) is 6. The van der Waals surface area contributed by atoms with E-state index in [4.69, 9.17) is 0 Å². The largest absolute Gasteiger partial charge is 0.319 e. The van der Waals surface area contributed by atoms with E-state index < -0.39 is 11.6 Å². The first-order chi connectivity index (χ1) is 44.0. The number of rotatable bonds is 5. The van der Waals surface area contributed by atoms with Crippen molar-refractivity contribution in [1.82, 2.24) is 29.9 Å². The van der Waals surface area contributed by atoms with Gasteiger partial charge in [-0.15, -0.1) is 135 Å². The van der Waals surface area contributed by atoms with Crippen LogP contribution in [0.4, 0.5) is 8.78 Å². The zero-order valence-corrected chi connectivity index (χ0v) is 92.4. The summed E-state index contributed by atoms with van der Waals surface area (Å²) in [5.74, 6) is -1.78. The van der Waals surface area contributed by atoms with Gasteiger partial charge in [0.05, 0.1) is 28.2 Å². The Labute approximate surface area is 827 Å². The van der Waals surface area contributed by atoms with Gasteiger partial charge in [0.25, 0.3) is 0 Å². The third-order valence-corrected chi connectivity index (χ3v) is 16.4. The molecule has 0 saturated heterocycles. The molecule has 8 heterocycles. The van der Waals surface area contributed by atoms with Crippen molar-refractivity contribution in [2.45, 2.75) is 0 Å². The summed E-state index contributed by atoms with van der Waals surface area (Å²) in [7, 11) is 0. The predicted molar refractivity (Wildman–Crippen MR) is 364 cm³/mol. The Morgan fingerprint density at radius 1 is 0.307 bits per heavy atom. The maximum atomic E-state index is 12.8. The molecule has 0 fully saturated rings. The van der Waals surface area contributed by atoms with Gasteiger partial charge < -0.3 is 19.9 Å². The van der Waals surface area contributed by atoms with Gasteiger partial charge in [-0.2, -0.15) is 35.6 Å². The molecule has 17 aromatic rings. The number of hydrogen-bond donors (Lipinski definition) is 0. The zero-order valence-electron chi connectivity index (χ0n) is 55.1. The summed E-state index contributed by atoms with van der Waals surface area (Å²) >= 11 is 5.04. The number of benzene rings is 9. The quantitative estimate of drug-likeness (QED) is 0.0971. The molecule has 9 aromatic carbocycles. The van der Waals surface area contributed by atoms with Gasteiger partial charge in [0, 0.05) is 341 Å². The van der Waals surface area contributed by atoms with Crippen molar-refractivity contribution in [1.29, 1.82) is 0 Å². The third kappa shape index (κ3) is 29.1. The minimum atomic E-state index is -0.898. The topological polar surface area (TPSA) is 77.3 Å². The minimum absolute atomic E-state index is 0. The number of para-hydroxylation sites is 3. The van der Waals surface area contributed by atoms with Crippen molar-refractivity contribution in [2.24, 2.45) is 0 Å². The Hall–Kier alpha value is -0.456. The van der Waals surface area contributed by atoms with E-state index in [0.717, 1.165) is 82.6 Å². The van der Waals surface area contributed by atoms with E-state index in [9.17, 15) is 8.78 Å². The van der Waals surface area contributed by atoms with Crippen molar-refractivity contribution >= 4 is 98.5 Å². The summed E-state index contributed by atoms with van der Waals surface area (Å²) in [6.07, 6.45) is 5.20. The molecule has 0 aliphatic rings. The zero-order chi connectivity index (χ0) is 60.4. The number of halogens is 2. The van der Waals surface area contributed by atoms with Crippen LogP contribution >= 0.6 is 34.0 Å². The molecule has 0 spiro atoms. The molecule has 0 saturated carbocycles. The fourth-order valence-electron chi connectivity index (χ4n) is 9.31. The summed E-state index contributed by atoms with van der Waals surface area (Å²) in [6, 6.07) is 103. The standard InChI is InChI=1S/C17H10NS.C15H10N.C13H8NS.C13H8N.C11H6F2N.C9H6NS.6Y.6Zn/c1-2-6-13-11-14(10-9-12(13)5-1)17-18-15-7-3-4-8-16(15)19-17;1-2-6-12(7-3-1)15-11-10-13-8-4-5-9-14(13)16-15;1-2-5-11-10(4-1)7-8-12(14-11)13-6-3-9-15-13;1-2-6-12-10(4-1)7-8-11-5-3-9-14-13(11)12;12-9-5-4-8(7-10(9)13)11-3-1-2-6-14-11;1-2-6-10-8(4-1)9-5-3-7-11-9;;;;;;;;;;;;/h1-9,11H;1-6,8-11H;1-5,7-9H;1-5,7-9H;1-3,5-7H;1-4,6-7H;;;;;;;;;;;;/q6*-1;;;;;;;;;;;;. The van der Waals surface area contributed by atoms with Crippen molar-refractivity contribution in [3.63, 3.8) is 0 Å². The number of aromatic nitrogens is 6. The maximum Gasteiger partial charge on any atom is 0.0765 e. The first kappa shape index (κ1) is 101. The second-order valence-electron chi connectivity index (χ2n) is 19.6. The number of thiophene rings is 2. The van der Waals surface area contributed by atoms with Crippen LogP contribution in [0.25, 0.3) is 119 Å². The molecule has 0 bridgehead atoms. The third-order valence-electron chi connectivity index (χ3n) is 13.7. The van der Waals surface area contributed by atoms with E-state index in [1.807, 2.05) is 163 Å². The fourth-order valence-corrected chi connectivity index (χ4v) is 11.5. The second kappa shape index (κ2) is 53.4. The van der Waals surface area contributed by atoms with Gasteiger partial charge in [0.1, 0.15) is 0 Å². The first-order valence-corrected chi connectivity index (χ1v) is 30.7. The number of pyridine rings is 5. The van der Waals surface area contributed by atoms with Gasteiger partial charge in [-0.1, -0.05) is 155 Å². The molecular formula is C78H48F2N6S3Y6Zn6-6. The molecule has 0 aliphatic heterocycles. The molecule has 0 atom stereocenters. The van der Waals surface area contributed by atoms with Gasteiger partial charge in [0.15, 0.2) is 0 Å². The second-order valence-corrected chi connectivity index (χ2v) is 22.4. The summed E-state index contributed by atoms with van der Waals surface area (Å²) in [6.45, 7) is 0. The molecule has 6 radical (unpaired) electrons. The summed E-state index contributed by atoms with van der Waals surface area (Å²) in [4.78, 5) is 28.7. The fraction of sp³-hybridized carbons (Fsp3) is 0. The molecule has 0 aliphatic carbocycles. The Kier molecular flexibility index (Phi) is 53.2. The number of fused-ring (bicyclic) bond motifs is 7. The average molecular weight is 2130 g/mol. The van der Waals surface area contributed by atoms with Gasteiger partial charge in [-0.3, -0.25) is 14.4 Å².